The van der Waals surface area contributed by atoms with Gasteiger partial charge in [0.05, 0.1) is 25.7 Å². The second-order valence-electron chi connectivity index (χ2n) is 7.46. The highest BCUT2D eigenvalue weighted by molar-refractivity contribution is 6.43. The van der Waals surface area contributed by atoms with Crippen LogP contribution in [0, 0.1) is 10.1 Å². The van der Waals surface area contributed by atoms with Gasteiger partial charge in [-0.15, -0.1) is 0 Å². The number of non-ortho nitro benzene ring substituents is 1. The van der Waals surface area contributed by atoms with E-state index in [2.05, 4.69) is 5.32 Å². The lowest BCUT2D eigenvalue weighted by atomic mass is 10.1. The second kappa shape index (κ2) is 10.4. The van der Waals surface area contributed by atoms with Crippen LogP contribution in [0.5, 0.6) is 5.75 Å². The molecule has 0 bridgehead atoms. The standard InChI is InChI=1S/C24H14Cl3N3O6/c25-18-7-6-16(11-19(18)26)29-23(32)17(22(31)28-24(29)33)9-14-3-8-21(20(27)10-14)36-12-13-1-4-15(5-2-13)30(34)35/h1-11H,12H2,(H,28,31,33)/b17-9+. The first kappa shape index (κ1) is 25.2. The number of rotatable bonds is 6. The third-order valence-electron chi connectivity index (χ3n) is 5.07. The molecule has 1 fully saturated rings. The van der Waals surface area contributed by atoms with E-state index in [1.165, 1.54) is 42.5 Å². The molecule has 1 aliphatic heterocycles. The molecule has 0 unspecified atom stereocenters. The SMILES string of the molecule is O=C1NC(=O)N(c2ccc(Cl)c(Cl)c2)C(=O)/C1=C/c1ccc(OCc2ccc([N+](=O)[O-])cc2)c(Cl)c1. The van der Waals surface area contributed by atoms with E-state index in [9.17, 15) is 24.5 Å². The van der Waals surface area contributed by atoms with Crippen LogP contribution in [0.3, 0.4) is 0 Å². The molecular weight excluding hydrogens is 533 g/mol. The molecular formula is C24H14Cl3N3O6. The minimum atomic E-state index is -0.923. The molecule has 0 aliphatic carbocycles. The number of nitrogens with zero attached hydrogens (tertiary/aromatic N) is 2. The fraction of sp³-hybridized carbons (Fsp3) is 0.0417. The molecule has 4 amide bonds. The fourth-order valence-electron chi connectivity index (χ4n) is 3.28. The van der Waals surface area contributed by atoms with Crippen LogP contribution < -0.4 is 15.0 Å². The number of amides is 4. The number of imide groups is 2. The van der Waals surface area contributed by atoms with E-state index < -0.39 is 22.8 Å². The zero-order valence-electron chi connectivity index (χ0n) is 18.0. The number of carbonyl (C=O) groups excluding carboxylic acids is 3. The van der Waals surface area contributed by atoms with Gasteiger partial charge in [0.2, 0.25) is 0 Å². The minimum Gasteiger partial charge on any atom is -0.487 e. The first-order valence-corrected chi connectivity index (χ1v) is 11.3. The summed E-state index contributed by atoms with van der Waals surface area (Å²) < 4.78 is 5.68. The van der Waals surface area contributed by atoms with Gasteiger partial charge in [0.1, 0.15) is 17.9 Å². The lowest BCUT2D eigenvalue weighted by Gasteiger charge is -2.26. The van der Waals surface area contributed by atoms with Crippen molar-refractivity contribution in [3.05, 3.63) is 103 Å². The summed E-state index contributed by atoms with van der Waals surface area (Å²) in [7, 11) is 0. The highest BCUT2D eigenvalue weighted by Gasteiger charge is 2.37. The molecule has 4 rings (SSSR count). The van der Waals surface area contributed by atoms with E-state index >= 15 is 0 Å². The molecule has 1 heterocycles. The number of nitrogens with one attached hydrogen (secondary N) is 1. The van der Waals surface area contributed by atoms with E-state index in [4.69, 9.17) is 39.5 Å². The van der Waals surface area contributed by atoms with Gasteiger partial charge in [0.15, 0.2) is 0 Å². The molecule has 3 aromatic rings. The maximum Gasteiger partial charge on any atom is 0.335 e. The van der Waals surface area contributed by atoms with Crippen molar-refractivity contribution >= 4 is 70.1 Å². The van der Waals surface area contributed by atoms with Gasteiger partial charge < -0.3 is 4.74 Å². The Labute approximate surface area is 219 Å². The van der Waals surface area contributed by atoms with Crippen molar-refractivity contribution in [2.45, 2.75) is 6.61 Å². The molecule has 1 N–H and O–H groups in total. The highest BCUT2D eigenvalue weighted by Crippen LogP contribution is 2.31. The van der Waals surface area contributed by atoms with E-state index in [1.807, 2.05) is 0 Å². The quantitative estimate of drug-likeness (QED) is 0.181. The Bertz CT molecular complexity index is 1440. The molecule has 1 aliphatic rings. The zero-order valence-corrected chi connectivity index (χ0v) is 20.3. The molecule has 182 valence electrons. The van der Waals surface area contributed by atoms with Gasteiger partial charge in [0, 0.05) is 12.1 Å². The fourth-order valence-corrected chi connectivity index (χ4v) is 3.82. The first-order chi connectivity index (χ1) is 17.1. The molecule has 9 nitrogen and oxygen atoms in total. The van der Waals surface area contributed by atoms with Crippen molar-refractivity contribution < 1.29 is 24.0 Å². The van der Waals surface area contributed by atoms with Crippen molar-refractivity contribution in [1.29, 1.82) is 0 Å². The molecule has 3 aromatic carbocycles. The second-order valence-corrected chi connectivity index (χ2v) is 8.68. The molecule has 0 radical (unpaired) electrons. The Morgan fingerprint density at radius 2 is 1.64 bits per heavy atom. The predicted molar refractivity (Wildman–Crippen MR) is 134 cm³/mol. The van der Waals surface area contributed by atoms with Crippen LogP contribution >= 0.6 is 34.8 Å². The Balaban J connectivity index is 1.53. The minimum absolute atomic E-state index is 0.0325. The summed E-state index contributed by atoms with van der Waals surface area (Å²) >= 11 is 18.2. The smallest absolute Gasteiger partial charge is 0.335 e. The molecule has 1 saturated heterocycles. The molecule has 0 spiro atoms. The predicted octanol–water partition coefficient (Wildman–Crippen LogP) is 5.80. The average Bonchev–Trinajstić information content (AvgIpc) is 2.83. The normalized spacial score (nSPS) is 14.7. The Kier molecular flexibility index (Phi) is 7.25. The summed E-state index contributed by atoms with van der Waals surface area (Å²) in [5.41, 5.74) is 0.911. The van der Waals surface area contributed by atoms with Crippen LogP contribution in [-0.4, -0.2) is 22.8 Å². The maximum atomic E-state index is 13.0. The number of nitro groups is 1. The topological polar surface area (TPSA) is 119 Å². The van der Waals surface area contributed by atoms with Crippen LogP contribution in [0.4, 0.5) is 16.2 Å². The van der Waals surface area contributed by atoms with Crippen molar-refractivity contribution in [3.8, 4) is 5.75 Å². The Morgan fingerprint density at radius 1 is 0.917 bits per heavy atom. The molecule has 36 heavy (non-hydrogen) atoms. The van der Waals surface area contributed by atoms with E-state index in [0.29, 0.717) is 16.9 Å². The summed E-state index contributed by atoms with van der Waals surface area (Å²) in [5.74, 6) is -1.39. The third-order valence-corrected chi connectivity index (χ3v) is 6.11. The monoisotopic (exact) mass is 545 g/mol. The number of halogens is 3. The molecule has 0 saturated carbocycles. The van der Waals surface area contributed by atoms with Crippen molar-refractivity contribution in [3.63, 3.8) is 0 Å². The van der Waals surface area contributed by atoms with Crippen LogP contribution in [-0.2, 0) is 16.2 Å². The first-order valence-electron chi connectivity index (χ1n) is 10.2. The van der Waals surface area contributed by atoms with Crippen molar-refractivity contribution in [2.75, 3.05) is 4.90 Å². The van der Waals surface area contributed by atoms with Gasteiger partial charge in [-0.2, -0.15) is 0 Å². The number of nitro benzene ring substituents is 1. The number of urea groups is 1. The van der Waals surface area contributed by atoms with Crippen LogP contribution in [0.2, 0.25) is 15.1 Å². The zero-order chi connectivity index (χ0) is 26.0. The lowest BCUT2D eigenvalue weighted by Crippen LogP contribution is -2.54. The molecule has 0 atom stereocenters. The number of benzene rings is 3. The largest absolute Gasteiger partial charge is 0.487 e. The number of hydrogen-bond acceptors (Lipinski definition) is 6. The number of ether oxygens (including phenoxy) is 1. The van der Waals surface area contributed by atoms with Crippen molar-refractivity contribution in [2.24, 2.45) is 0 Å². The van der Waals surface area contributed by atoms with Gasteiger partial charge in [0.25, 0.3) is 17.5 Å². The third kappa shape index (κ3) is 5.33. The number of barbiturate groups is 1. The van der Waals surface area contributed by atoms with Gasteiger partial charge in [-0.3, -0.25) is 25.0 Å². The number of carbonyl (C=O) groups is 3. The molecule has 0 aromatic heterocycles. The van der Waals surface area contributed by atoms with Gasteiger partial charge >= 0.3 is 6.03 Å². The van der Waals surface area contributed by atoms with E-state index in [1.54, 1.807) is 24.3 Å². The van der Waals surface area contributed by atoms with Crippen molar-refractivity contribution in [1.82, 2.24) is 5.32 Å². The van der Waals surface area contributed by atoms with Crippen LogP contribution in [0.1, 0.15) is 11.1 Å². The highest BCUT2D eigenvalue weighted by atomic mass is 35.5. The molecule has 12 heteroatoms. The van der Waals surface area contributed by atoms with Gasteiger partial charge in [-0.25, -0.2) is 9.69 Å². The summed E-state index contributed by atoms with van der Waals surface area (Å²) in [6, 6.07) is 13.7. The number of hydrogen-bond donors (Lipinski definition) is 1. The van der Waals surface area contributed by atoms with Crippen LogP contribution in [0.25, 0.3) is 6.08 Å². The Morgan fingerprint density at radius 3 is 2.28 bits per heavy atom. The number of anilines is 1. The lowest BCUT2D eigenvalue weighted by molar-refractivity contribution is -0.384. The van der Waals surface area contributed by atoms with Crippen LogP contribution in [0.15, 0.2) is 66.2 Å². The van der Waals surface area contributed by atoms with Gasteiger partial charge in [-0.1, -0.05) is 40.9 Å². The Hall–Kier alpha value is -3.92. The summed E-state index contributed by atoms with van der Waals surface area (Å²) in [5, 5.41) is 13.5. The maximum absolute atomic E-state index is 13.0. The van der Waals surface area contributed by atoms with E-state index in [-0.39, 0.29) is 38.6 Å². The summed E-state index contributed by atoms with van der Waals surface area (Å²) in [6.07, 6.45) is 1.29. The average molecular weight is 547 g/mol. The summed E-state index contributed by atoms with van der Waals surface area (Å²) in [4.78, 5) is 48.8. The summed E-state index contributed by atoms with van der Waals surface area (Å²) in [6.45, 7) is 0.111. The van der Waals surface area contributed by atoms with E-state index in [0.717, 1.165) is 4.90 Å². The van der Waals surface area contributed by atoms with Gasteiger partial charge in [-0.05, 0) is 59.7 Å².